The van der Waals surface area contributed by atoms with E-state index in [1.54, 1.807) is 6.07 Å². The third-order valence-electron chi connectivity index (χ3n) is 8.35. The van der Waals surface area contributed by atoms with E-state index >= 15 is 0 Å². The van der Waals surface area contributed by atoms with Crippen LogP contribution in [-0.4, -0.2) is 7.11 Å². The molecule has 0 saturated heterocycles. The van der Waals surface area contributed by atoms with Crippen LogP contribution in [0.1, 0.15) is 22.3 Å². The second-order valence-electron chi connectivity index (χ2n) is 11.9. The number of benzene rings is 6. The summed E-state index contributed by atoms with van der Waals surface area (Å²) in [5.41, 5.74) is 4.41. The van der Waals surface area contributed by atoms with Gasteiger partial charge < -0.3 is 28.1 Å². The smallest absolute Gasteiger partial charge is 0.239 e. The first-order valence-electron chi connectivity index (χ1n) is 16.8. The maximum absolute atomic E-state index is 14.5. The minimum absolute atomic E-state index is 0.0513. The van der Waals surface area contributed by atoms with E-state index in [1.165, 1.54) is 7.11 Å². The molecule has 0 amide bonds. The first kappa shape index (κ1) is 34.7. The number of fused-ring (bicyclic) bond motifs is 1. The Morgan fingerprint density at radius 3 is 1.48 bits per heavy atom. The van der Waals surface area contributed by atoms with Crippen molar-refractivity contribution in [2.75, 3.05) is 7.11 Å². The fourth-order valence-electron chi connectivity index (χ4n) is 5.69. The average molecular weight is 803 g/mol. The maximum Gasteiger partial charge on any atom is 0.239 e. The van der Waals surface area contributed by atoms with Gasteiger partial charge in [-0.25, -0.2) is 0 Å². The number of ether oxygens (including phenoxy) is 5. The molecule has 0 unspecified atom stereocenters. The van der Waals surface area contributed by atoms with Crippen LogP contribution in [0.4, 0.5) is 0 Å². The second-order valence-corrected chi connectivity index (χ2v) is 13.0. The number of rotatable bonds is 14. The topological polar surface area (TPSA) is 76.4 Å². The van der Waals surface area contributed by atoms with Crippen LogP contribution in [0.15, 0.2) is 155 Å². The normalized spacial score (nSPS) is 10.9. The Kier molecular flexibility index (Phi) is 11.0. The molecule has 1 aromatic heterocycles. The van der Waals surface area contributed by atoms with Crippen molar-refractivity contribution in [3.8, 4) is 40.1 Å². The van der Waals surface area contributed by atoms with E-state index in [4.69, 9.17) is 28.1 Å². The summed E-state index contributed by atoms with van der Waals surface area (Å²) in [4.78, 5) is 14.5. The van der Waals surface area contributed by atoms with E-state index in [0.29, 0.717) is 57.5 Å². The molecule has 7 nitrogen and oxygen atoms in total. The molecule has 7 rings (SSSR count). The summed E-state index contributed by atoms with van der Waals surface area (Å²) in [6.07, 6.45) is 0. The number of methoxy groups -OCH3 is 1. The van der Waals surface area contributed by atoms with Crippen LogP contribution in [0.2, 0.25) is 0 Å². The molecular formula is C44H35IO7. The molecule has 260 valence electrons. The molecule has 0 N–H and O–H groups in total. The van der Waals surface area contributed by atoms with E-state index in [0.717, 1.165) is 22.3 Å². The lowest BCUT2D eigenvalue weighted by atomic mass is 10.1. The molecule has 7 aromatic rings. The number of hydrogen-bond acceptors (Lipinski definition) is 7. The fraction of sp³-hybridized carbons (Fsp3) is 0.114. The molecule has 0 bridgehead atoms. The molecule has 0 aliphatic rings. The average Bonchev–Trinajstić information content (AvgIpc) is 3.20. The molecule has 0 aliphatic heterocycles. The van der Waals surface area contributed by atoms with Gasteiger partial charge in [-0.2, -0.15) is 0 Å². The predicted molar refractivity (Wildman–Crippen MR) is 210 cm³/mol. The summed E-state index contributed by atoms with van der Waals surface area (Å²) in [6.45, 7) is 1.14. The molecule has 1 heterocycles. The van der Waals surface area contributed by atoms with E-state index in [9.17, 15) is 4.79 Å². The lowest BCUT2D eigenvalue weighted by molar-refractivity contribution is 0.256. The first-order valence-corrected chi connectivity index (χ1v) is 17.8. The monoisotopic (exact) mass is 802 g/mol. The standard InChI is InChI=1S/C44H35IO7/c1-47-43-39-37(25-38(40(43)45)50-28-32-18-10-4-11-19-32)52-42(44(41(39)46)51-29-33-20-12-5-13-21-33)34-22-23-35(48-26-30-14-6-2-7-15-30)36(24-34)49-27-31-16-8-3-9-17-31/h2-25H,26-29H2,1H3. The second kappa shape index (κ2) is 16.5. The summed E-state index contributed by atoms with van der Waals surface area (Å²) in [6, 6.07) is 46.6. The molecular weight excluding hydrogens is 767 g/mol. The van der Waals surface area contributed by atoms with Crippen molar-refractivity contribution >= 4 is 33.6 Å². The van der Waals surface area contributed by atoms with Crippen molar-refractivity contribution in [1.29, 1.82) is 0 Å². The van der Waals surface area contributed by atoms with Crippen LogP contribution in [-0.2, 0) is 26.4 Å². The van der Waals surface area contributed by atoms with Crippen molar-refractivity contribution in [3.05, 3.63) is 182 Å². The van der Waals surface area contributed by atoms with Crippen LogP contribution in [0, 0.1) is 3.57 Å². The van der Waals surface area contributed by atoms with E-state index in [1.807, 2.05) is 140 Å². The zero-order valence-electron chi connectivity index (χ0n) is 28.4. The SMILES string of the molecule is COc1c(I)c(OCc2ccccc2)cc2oc(-c3ccc(OCc4ccccc4)c(OCc4ccccc4)c3)c(OCc3ccccc3)c(=O)c12. The summed E-state index contributed by atoms with van der Waals surface area (Å²) < 4.78 is 38.3. The minimum atomic E-state index is -0.368. The largest absolute Gasteiger partial charge is 0.495 e. The highest BCUT2D eigenvalue weighted by Crippen LogP contribution is 2.42. The van der Waals surface area contributed by atoms with Crippen LogP contribution in [0.25, 0.3) is 22.3 Å². The van der Waals surface area contributed by atoms with Crippen molar-refractivity contribution in [2.45, 2.75) is 26.4 Å². The zero-order valence-corrected chi connectivity index (χ0v) is 30.6. The van der Waals surface area contributed by atoms with Crippen LogP contribution in [0.5, 0.6) is 28.7 Å². The molecule has 0 fully saturated rings. The molecule has 0 atom stereocenters. The predicted octanol–water partition coefficient (Wildman–Crippen LogP) is 10.4. The van der Waals surface area contributed by atoms with Crippen molar-refractivity contribution in [2.24, 2.45) is 0 Å². The van der Waals surface area contributed by atoms with Gasteiger partial charge in [0.15, 0.2) is 23.0 Å². The minimum Gasteiger partial charge on any atom is -0.495 e. The van der Waals surface area contributed by atoms with Gasteiger partial charge in [0.05, 0.1) is 10.7 Å². The third-order valence-corrected chi connectivity index (χ3v) is 9.37. The molecule has 52 heavy (non-hydrogen) atoms. The fourth-order valence-corrected chi connectivity index (χ4v) is 6.49. The van der Waals surface area contributed by atoms with Crippen LogP contribution in [0.3, 0.4) is 0 Å². The van der Waals surface area contributed by atoms with Gasteiger partial charge in [-0.15, -0.1) is 0 Å². The van der Waals surface area contributed by atoms with Gasteiger partial charge in [0.2, 0.25) is 11.2 Å². The van der Waals surface area contributed by atoms with Crippen LogP contribution < -0.4 is 29.1 Å². The molecule has 0 radical (unpaired) electrons. The Hall–Kier alpha value is -5.74. The Labute approximate surface area is 315 Å². The van der Waals surface area contributed by atoms with Gasteiger partial charge in [0, 0.05) is 11.6 Å². The Bertz CT molecular complexity index is 2310. The summed E-state index contributed by atoms with van der Waals surface area (Å²) in [5, 5.41) is 0.258. The molecule has 0 spiro atoms. The van der Waals surface area contributed by atoms with Crippen molar-refractivity contribution in [3.63, 3.8) is 0 Å². The summed E-state index contributed by atoms with van der Waals surface area (Å²) in [7, 11) is 1.53. The van der Waals surface area contributed by atoms with E-state index in [-0.39, 0.29) is 28.9 Å². The highest BCUT2D eigenvalue weighted by Gasteiger charge is 2.25. The third kappa shape index (κ3) is 8.08. The van der Waals surface area contributed by atoms with Gasteiger partial charge in [0.1, 0.15) is 43.1 Å². The van der Waals surface area contributed by atoms with Gasteiger partial charge in [-0.1, -0.05) is 121 Å². The Balaban J connectivity index is 1.33. The van der Waals surface area contributed by atoms with Gasteiger partial charge in [-0.3, -0.25) is 4.79 Å². The Morgan fingerprint density at radius 1 is 0.519 bits per heavy atom. The highest BCUT2D eigenvalue weighted by atomic mass is 127. The molecule has 0 saturated carbocycles. The van der Waals surface area contributed by atoms with Gasteiger partial charge >= 0.3 is 0 Å². The highest BCUT2D eigenvalue weighted by molar-refractivity contribution is 14.1. The van der Waals surface area contributed by atoms with E-state index < -0.39 is 0 Å². The van der Waals surface area contributed by atoms with Crippen molar-refractivity contribution in [1.82, 2.24) is 0 Å². The van der Waals surface area contributed by atoms with E-state index in [2.05, 4.69) is 22.6 Å². The van der Waals surface area contributed by atoms with Crippen LogP contribution >= 0.6 is 22.6 Å². The maximum atomic E-state index is 14.5. The lowest BCUT2D eigenvalue weighted by Crippen LogP contribution is -2.12. The van der Waals surface area contributed by atoms with Crippen molar-refractivity contribution < 1.29 is 28.1 Å². The quantitative estimate of drug-likeness (QED) is 0.101. The summed E-state index contributed by atoms with van der Waals surface area (Å²) >= 11 is 2.14. The van der Waals surface area contributed by atoms with Gasteiger partial charge in [0.25, 0.3) is 0 Å². The molecule has 6 aromatic carbocycles. The lowest BCUT2D eigenvalue weighted by Gasteiger charge is -2.18. The number of hydrogen-bond donors (Lipinski definition) is 0. The molecule has 0 aliphatic carbocycles. The van der Waals surface area contributed by atoms with Gasteiger partial charge in [-0.05, 0) is 63.0 Å². The Morgan fingerprint density at radius 2 is 0.981 bits per heavy atom. The zero-order chi connectivity index (χ0) is 35.7. The number of halogens is 1. The molecule has 8 heteroatoms. The summed E-state index contributed by atoms with van der Waals surface area (Å²) in [5.74, 6) is 2.20. The first-order chi connectivity index (χ1) is 25.6.